The van der Waals surface area contributed by atoms with E-state index in [9.17, 15) is 0 Å². The first kappa shape index (κ1) is 17.8. The van der Waals surface area contributed by atoms with Gasteiger partial charge in [0.25, 0.3) is 5.89 Å². The van der Waals surface area contributed by atoms with Crippen LogP contribution in [0.25, 0.3) is 11.4 Å². The van der Waals surface area contributed by atoms with Crippen LogP contribution in [0.5, 0.6) is 0 Å². The standard InChI is InChI=1S/C19H23FN6O/c1-3-26-12-16(14(2)23-26)11-25-9-5-7-19(20,13-25)18-22-17(24-27-18)15-6-4-8-21-10-15/h4,6,8,10,12H,3,5,7,9,11,13H2,1-2H3. The predicted molar refractivity (Wildman–Crippen MR) is 97.5 cm³/mol. The molecule has 1 saturated heterocycles. The van der Waals surface area contributed by atoms with E-state index in [4.69, 9.17) is 4.52 Å². The van der Waals surface area contributed by atoms with Crippen molar-refractivity contribution in [2.75, 3.05) is 13.1 Å². The Kier molecular flexibility index (Phi) is 4.73. The molecule has 0 amide bonds. The van der Waals surface area contributed by atoms with Gasteiger partial charge in [-0.05, 0) is 45.4 Å². The zero-order valence-corrected chi connectivity index (χ0v) is 15.6. The van der Waals surface area contributed by atoms with E-state index in [0.29, 0.717) is 24.4 Å². The first-order chi connectivity index (χ1) is 13.1. The Bertz CT molecular complexity index is 908. The van der Waals surface area contributed by atoms with Crippen molar-refractivity contribution in [2.24, 2.45) is 0 Å². The van der Waals surface area contributed by atoms with Gasteiger partial charge in [0.1, 0.15) is 0 Å². The quantitative estimate of drug-likeness (QED) is 0.687. The lowest BCUT2D eigenvalue weighted by Gasteiger charge is -2.34. The number of hydrogen-bond donors (Lipinski definition) is 0. The first-order valence-electron chi connectivity index (χ1n) is 9.26. The number of aromatic nitrogens is 5. The van der Waals surface area contributed by atoms with Crippen LogP contribution in [-0.2, 0) is 18.8 Å². The fraction of sp³-hybridized carbons (Fsp3) is 0.474. The molecule has 0 bridgehead atoms. The molecule has 3 aromatic rings. The highest BCUT2D eigenvalue weighted by atomic mass is 19.1. The molecule has 4 rings (SSSR count). The van der Waals surface area contributed by atoms with Crippen LogP contribution < -0.4 is 0 Å². The van der Waals surface area contributed by atoms with Gasteiger partial charge in [-0.15, -0.1) is 0 Å². The van der Waals surface area contributed by atoms with E-state index in [1.807, 2.05) is 23.9 Å². The van der Waals surface area contributed by atoms with E-state index >= 15 is 4.39 Å². The van der Waals surface area contributed by atoms with E-state index in [1.165, 1.54) is 0 Å². The third-order valence-corrected chi connectivity index (χ3v) is 5.02. The first-order valence-corrected chi connectivity index (χ1v) is 9.26. The largest absolute Gasteiger partial charge is 0.335 e. The fourth-order valence-corrected chi connectivity index (χ4v) is 3.54. The zero-order valence-electron chi connectivity index (χ0n) is 15.6. The molecule has 3 aromatic heterocycles. The van der Waals surface area contributed by atoms with Crippen LogP contribution in [0.1, 0.15) is 36.9 Å². The fourth-order valence-electron chi connectivity index (χ4n) is 3.54. The van der Waals surface area contributed by atoms with Gasteiger partial charge in [0.2, 0.25) is 11.5 Å². The molecule has 1 aliphatic rings. The summed E-state index contributed by atoms with van der Waals surface area (Å²) in [5.41, 5.74) is 1.19. The van der Waals surface area contributed by atoms with E-state index < -0.39 is 5.67 Å². The summed E-state index contributed by atoms with van der Waals surface area (Å²) in [6.07, 6.45) is 6.47. The van der Waals surface area contributed by atoms with Gasteiger partial charge in [0.15, 0.2) is 0 Å². The summed E-state index contributed by atoms with van der Waals surface area (Å²) in [6, 6.07) is 3.62. The molecule has 0 aromatic carbocycles. The SMILES string of the molecule is CCn1cc(CN2CCCC(F)(c3nc(-c4cccnc4)no3)C2)c(C)n1. The summed E-state index contributed by atoms with van der Waals surface area (Å²) in [6.45, 7) is 6.62. The molecule has 4 heterocycles. The van der Waals surface area contributed by atoms with Crippen LogP contribution >= 0.6 is 0 Å². The lowest BCUT2D eigenvalue weighted by atomic mass is 9.94. The summed E-state index contributed by atoms with van der Waals surface area (Å²) in [4.78, 5) is 10.5. The van der Waals surface area contributed by atoms with Crippen LogP contribution in [0.15, 0.2) is 35.2 Å². The maximum atomic E-state index is 15.7. The second kappa shape index (κ2) is 7.19. The van der Waals surface area contributed by atoms with Crippen molar-refractivity contribution in [3.05, 3.63) is 47.9 Å². The van der Waals surface area contributed by atoms with Crippen molar-refractivity contribution in [2.45, 2.75) is 45.4 Å². The molecule has 1 unspecified atom stereocenters. The number of piperidine rings is 1. The highest BCUT2D eigenvalue weighted by molar-refractivity contribution is 5.52. The van der Waals surface area contributed by atoms with Gasteiger partial charge in [0.05, 0.1) is 5.69 Å². The van der Waals surface area contributed by atoms with Crippen LogP contribution in [0.4, 0.5) is 4.39 Å². The summed E-state index contributed by atoms with van der Waals surface area (Å²) >= 11 is 0. The number of pyridine rings is 1. The molecule has 7 nitrogen and oxygen atoms in total. The van der Waals surface area contributed by atoms with Crippen molar-refractivity contribution < 1.29 is 8.91 Å². The van der Waals surface area contributed by atoms with Crippen LogP contribution in [0, 0.1) is 6.92 Å². The van der Waals surface area contributed by atoms with Crippen molar-refractivity contribution in [1.82, 2.24) is 29.8 Å². The molecule has 1 aliphatic heterocycles. The second-order valence-electron chi connectivity index (χ2n) is 7.04. The lowest BCUT2D eigenvalue weighted by molar-refractivity contribution is 0.0123. The van der Waals surface area contributed by atoms with Gasteiger partial charge in [-0.2, -0.15) is 10.1 Å². The molecule has 0 radical (unpaired) electrons. The Labute approximate surface area is 157 Å². The third kappa shape index (κ3) is 3.62. The Hall–Kier alpha value is -2.61. The maximum absolute atomic E-state index is 15.7. The predicted octanol–water partition coefficient (Wildman–Crippen LogP) is 3.12. The number of hydrogen-bond acceptors (Lipinski definition) is 6. The van der Waals surface area contributed by atoms with Gasteiger partial charge >= 0.3 is 0 Å². The van der Waals surface area contributed by atoms with Crippen LogP contribution in [0.2, 0.25) is 0 Å². The van der Waals surface area contributed by atoms with Gasteiger partial charge < -0.3 is 4.52 Å². The van der Waals surface area contributed by atoms with Crippen molar-refractivity contribution in [3.8, 4) is 11.4 Å². The summed E-state index contributed by atoms with van der Waals surface area (Å²) in [7, 11) is 0. The van der Waals surface area contributed by atoms with E-state index in [2.05, 4.69) is 32.0 Å². The van der Waals surface area contributed by atoms with Crippen LogP contribution in [-0.4, -0.2) is 42.9 Å². The molecule has 0 saturated carbocycles. The molecule has 0 aliphatic carbocycles. The van der Waals surface area contributed by atoms with E-state index in [1.54, 1.807) is 18.5 Å². The van der Waals surface area contributed by atoms with Gasteiger partial charge in [0, 0.05) is 49.4 Å². The number of rotatable bonds is 5. The van der Waals surface area contributed by atoms with E-state index in [-0.39, 0.29) is 12.4 Å². The van der Waals surface area contributed by atoms with Gasteiger partial charge in [-0.25, -0.2) is 4.39 Å². The Morgan fingerprint density at radius 2 is 2.26 bits per heavy atom. The minimum Gasteiger partial charge on any atom is -0.335 e. The third-order valence-electron chi connectivity index (χ3n) is 5.02. The number of nitrogens with zero attached hydrogens (tertiary/aromatic N) is 6. The molecule has 27 heavy (non-hydrogen) atoms. The minimum atomic E-state index is -1.64. The Morgan fingerprint density at radius 3 is 3.00 bits per heavy atom. The smallest absolute Gasteiger partial charge is 0.265 e. The van der Waals surface area contributed by atoms with Crippen molar-refractivity contribution in [3.63, 3.8) is 0 Å². The van der Waals surface area contributed by atoms with Crippen molar-refractivity contribution >= 4 is 0 Å². The number of alkyl halides is 1. The zero-order chi connectivity index (χ0) is 18.9. The molecular formula is C19H23FN6O. The second-order valence-corrected chi connectivity index (χ2v) is 7.04. The average molecular weight is 370 g/mol. The molecule has 0 spiro atoms. The lowest BCUT2D eigenvalue weighted by Crippen LogP contribution is -2.43. The topological polar surface area (TPSA) is 72.9 Å². The molecular weight excluding hydrogens is 347 g/mol. The summed E-state index contributed by atoms with van der Waals surface area (Å²) < 4.78 is 22.9. The van der Waals surface area contributed by atoms with Gasteiger partial charge in [-0.3, -0.25) is 14.6 Å². The maximum Gasteiger partial charge on any atom is 0.265 e. The van der Waals surface area contributed by atoms with Gasteiger partial charge in [-0.1, -0.05) is 5.16 Å². The minimum absolute atomic E-state index is 0.0482. The number of aryl methyl sites for hydroxylation is 2. The summed E-state index contributed by atoms with van der Waals surface area (Å²) in [5, 5.41) is 8.42. The molecule has 8 heteroatoms. The normalized spacial score (nSPS) is 20.9. The monoisotopic (exact) mass is 370 g/mol. The van der Waals surface area contributed by atoms with Crippen molar-refractivity contribution in [1.29, 1.82) is 0 Å². The molecule has 142 valence electrons. The van der Waals surface area contributed by atoms with Crippen LogP contribution in [0.3, 0.4) is 0 Å². The molecule has 0 N–H and O–H groups in total. The Morgan fingerprint density at radius 1 is 1.37 bits per heavy atom. The van der Waals surface area contributed by atoms with E-state index in [0.717, 1.165) is 30.8 Å². The highest BCUT2D eigenvalue weighted by Gasteiger charge is 2.42. The summed E-state index contributed by atoms with van der Waals surface area (Å²) in [5.74, 6) is 0.416. The average Bonchev–Trinajstić information content (AvgIpc) is 3.31. The highest BCUT2D eigenvalue weighted by Crippen LogP contribution is 2.36. The molecule has 1 atom stereocenters. The Balaban J connectivity index is 1.51. The number of likely N-dealkylation sites (tertiary alicyclic amines) is 1. The molecule has 1 fully saturated rings. The number of halogens is 1.